The molecular formula is C13H15BrN2OS. The van der Waals surface area contributed by atoms with Crippen LogP contribution in [-0.2, 0) is 6.54 Å². The van der Waals surface area contributed by atoms with Crippen molar-refractivity contribution in [3.8, 4) is 16.3 Å². The molecule has 0 atom stereocenters. The summed E-state index contributed by atoms with van der Waals surface area (Å²) in [6.45, 7) is 4.55. The number of aryl methyl sites for hydroxylation is 2. The van der Waals surface area contributed by atoms with E-state index in [4.69, 9.17) is 10.5 Å². The highest BCUT2D eigenvalue weighted by molar-refractivity contribution is 9.11. The fourth-order valence-electron chi connectivity index (χ4n) is 1.81. The highest BCUT2D eigenvalue weighted by Gasteiger charge is 2.13. The minimum absolute atomic E-state index is 0.450. The van der Waals surface area contributed by atoms with Crippen LogP contribution in [0.15, 0.2) is 15.9 Å². The monoisotopic (exact) mass is 326 g/mol. The molecule has 18 heavy (non-hydrogen) atoms. The van der Waals surface area contributed by atoms with Gasteiger partial charge in [-0.1, -0.05) is 0 Å². The molecule has 2 rings (SSSR count). The van der Waals surface area contributed by atoms with Gasteiger partial charge in [0, 0.05) is 12.1 Å². The van der Waals surface area contributed by atoms with Crippen LogP contribution >= 0.6 is 27.3 Å². The van der Waals surface area contributed by atoms with Crippen molar-refractivity contribution in [2.45, 2.75) is 20.4 Å². The fraction of sp³-hybridized carbons (Fsp3) is 0.308. The zero-order chi connectivity index (χ0) is 13.3. The summed E-state index contributed by atoms with van der Waals surface area (Å²) >= 11 is 5.11. The summed E-state index contributed by atoms with van der Waals surface area (Å²) < 4.78 is 6.33. The van der Waals surface area contributed by atoms with E-state index in [9.17, 15) is 0 Å². The Balaban J connectivity index is 2.53. The van der Waals surface area contributed by atoms with Crippen molar-refractivity contribution in [2.24, 2.45) is 5.73 Å². The Kier molecular flexibility index (Phi) is 4.04. The van der Waals surface area contributed by atoms with Gasteiger partial charge < -0.3 is 10.5 Å². The number of thiazole rings is 1. The number of nitrogens with two attached hydrogens (primary N) is 1. The van der Waals surface area contributed by atoms with Crippen LogP contribution < -0.4 is 10.5 Å². The predicted octanol–water partition coefficient (Wildman–Crippen LogP) is 3.66. The maximum Gasteiger partial charge on any atom is 0.125 e. The second-order valence-electron chi connectivity index (χ2n) is 4.08. The lowest BCUT2D eigenvalue weighted by Gasteiger charge is -2.09. The van der Waals surface area contributed by atoms with E-state index in [0.717, 1.165) is 36.9 Å². The molecule has 3 nitrogen and oxygen atoms in total. The van der Waals surface area contributed by atoms with E-state index in [-0.39, 0.29) is 0 Å². The second-order valence-corrected chi connectivity index (χ2v) is 6.40. The van der Waals surface area contributed by atoms with Gasteiger partial charge in [0.25, 0.3) is 0 Å². The number of aromatic nitrogens is 1. The summed E-state index contributed by atoms with van der Waals surface area (Å²) in [5.74, 6) is 0.908. The molecule has 1 aromatic heterocycles. The standard InChI is InChI=1S/C13H15BrN2OS/c1-7-5-11(17-3)8(2)4-9(7)13-16-10(6-15)12(14)18-13/h4-5H,6,15H2,1-3H3. The second kappa shape index (κ2) is 5.38. The molecule has 0 aliphatic heterocycles. The van der Waals surface area contributed by atoms with Gasteiger partial charge in [0.15, 0.2) is 0 Å². The van der Waals surface area contributed by atoms with E-state index in [2.05, 4.69) is 33.9 Å². The van der Waals surface area contributed by atoms with Crippen molar-refractivity contribution < 1.29 is 4.74 Å². The molecule has 5 heteroatoms. The molecule has 0 bridgehead atoms. The lowest BCUT2D eigenvalue weighted by Crippen LogP contribution is -1.97. The Morgan fingerprint density at radius 2 is 2.06 bits per heavy atom. The van der Waals surface area contributed by atoms with Crippen LogP contribution in [0.5, 0.6) is 5.75 Å². The number of rotatable bonds is 3. The molecule has 2 N–H and O–H groups in total. The lowest BCUT2D eigenvalue weighted by molar-refractivity contribution is 0.411. The number of benzene rings is 1. The van der Waals surface area contributed by atoms with E-state index in [1.54, 1.807) is 18.4 Å². The number of hydrogen-bond acceptors (Lipinski definition) is 4. The first-order chi connectivity index (χ1) is 8.56. The average molecular weight is 327 g/mol. The average Bonchev–Trinajstić information content (AvgIpc) is 2.72. The van der Waals surface area contributed by atoms with Crippen molar-refractivity contribution in [1.29, 1.82) is 0 Å². The summed E-state index contributed by atoms with van der Waals surface area (Å²) in [7, 11) is 1.69. The summed E-state index contributed by atoms with van der Waals surface area (Å²) in [5, 5.41) is 0.991. The largest absolute Gasteiger partial charge is 0.496 e. The van der Waals surface area contributed by atoms with E-state index in [1.165, 1.54) is 0 Å². The van der Waals surface area contributed by atoms with Crippen LogP contribution in [-0.4, -0.2) is 12.1 Å². The van der Waals surface area contributed by atoms with Gasteiger partial charge in [0.05, 0.1) is 16.6 Å². The molecule has 0 radical (unpaired) electrons. The Bertz CT molecular complexity index is 581. The Hall–Kier alpha value is -0.910. The molecule has 0 aliphatic carbocycles. The topological polar surface area (TPSA) is 48.1 Å². The van der Waals surface area contributed by atoms with E-state index in [0.29, 0.717) is 6.54 Å². The predicted molar refractivity (Wildman–Crippen MR) is 79.2 cm³/mol. The number of halogens is 1. The normalized spacial score (nSPS) is 10.7. The molecule has 0 fully saturated rings. The van der Waals surface area contributed by atoms with E-state index >= 15 is 0 Å². The van der Waals surface area contributed by atoms with Gasteiger partial charge in [-0.3, -0.25) is 0 Å². The minimum atomic E-state index is 0.450. The van der Waals surface area contributed by atoms with Gasteiger partial charge in [-0.25, -0.2) is 4.98 Å². The third-order valence-corrected chi connectivity index (χ3v) is 4.68. The maximum atomic E-state index is 5.65. The van der Waals surface area contributed by atoms with Crippen LogP contribution in [0.1, 0.15) is 16.8 Å². The summed E-state index contributed by atoms with van der Waals surface area (Å²) in [6.07, 6.45) is 0. The maximum absolute atomic E-state index is 5.65. The zero-order valence-corrected chi connectivity index (χ0v) is 13.0. The van der Waals surface area contributed by atoms with E-state index in [1.807, 2.05) is 13.0 Å². The summed E-state index contributed by atoms with van der Waals surface area (Å²) in [6, 6.07) is 4.15. The molecule has 1 aromatic carbocycles. The zero-order valence-electron chi connectivity index (χ0n) is 10.6. The first kappa shape index (κ1) is 13.5. The minimum Gasteiger partial charge on any atom is -0.496 e. The Morgan fingerprint density at radius 3 is 2.61 bits per heavy atom. The SMILES string of the molecule is COc1cc(C)c(-c2nc(CN)c(Br)s2)cc1C. The molecule has 0 unspecified atom stereocenters. The molecule has 0 amide bonds. The molecule has 0 saturated heterocycles. The smallest absolute Gasteiger partial charge is 0.125 e. The third kappa shape index (κ3) is 2.43. The van der Waals surface area contributed by atoms with Crippen molar-refractivity contribution in [3.63, 3.8) is 0 Å². The molecule has 0 aliphatic rings. The highest BCUT2D eigenvalue weighted by Crippen LogP contribution is 2.36. The summed E-state index contributed by atoms with van der Waals surface area (Å²) in [5.41, 5.74) is 9.96. The van der Waals surface area contributed by atoms with Crippen LogP contribution in [0.3, 0.4) is 0 Å². The van der Waals surface area contributed by atoms with Gasteiger partial charge >= 0.3 is 0 Å². The number of hydrogen-bond donors (Lipinski definition) is 1. The van der Waals surface area contributed by atoms with Crippen LogP contribution in [0.25, 0.3) is 10.6 Å². The molecule has 96 valence electrons. The number of ether oxygens (including phenoxy) is 1. The van der Waals surface area contributed by atoms with Crippen LogP contribution in [0, 0.1) is 13.8 Å². The van der Waals surface area contributed by atoms with Crippen LogP contribution in [0.2, 0.25) is 0 Å². The van der Waals surface area contributed by atoms with E-state index < -0.39 is 0 Å². The molecule has 1 heterocycles. The van der Waals surface area contributed by atoms with Gasteiger partial charge in [0.2, 0.25) is 0 Å². The summed E-state index contributed by atoms with van der Waals surface area (Å²) in [4.78, 5) is 4.56. The number of methoxy groups -OCH3 is 1. The van der Waals surface area contributed by atoms with Gasteiger partial charge in [-0.15, -0.1) is 11.3 Å². The molecule has 0 saturated carbocycles. The molecular weight excluding hydrogens is 312 g/mol. The Morgan fingerprint density at radius 1 is 1.33 bits per heavy atom. The van der Waals surface area contributed by atoms with Crippen molar-refractivity contribution in [2.75, 3.05) is 7.11 Å². The lowest BCUT2D eigenvalue weighted by atomic mass is 10.1. The van der Waals surface area contributed by atoms with Crippen molar-refractivity contribution >= 4 is 27.3 Å². The van der Waals surface area contributed by atoms with Gasteiger partial charge in [-0.05, 0) is 53.0 Å². The van der Waals surface area contributed by atoms with Crippen molar-refractivity contribution in [3.05, 3.63) is 32.7 Å². The first-order valence-electron chi connectivity index (χ1n) is 5.57. The number of nitrogens with zero attached hydrogens (tertiary/aromatic N) is 1. The van der Waals surface area contributed by atoms with Crippen molar-refractivity contribution in [1.82, 2.24) is 4.98 Å². The quantitative estimate of drug-likeness (QED) is 0.936. The highest BCUT2D eigenvalue weighted by atomic mass is 79.9. The van der Waals surface area contributed by atoms with Gasteiger partial charge in [-0.2, -0.15) is 0 Å². The third-order valence-electron chi connectivity index (χ3n) is 2.82. The van der Waals surface area contributed by atoms with Crippen LogP contribution in [0.4, 0.5) is 0 Å². The first-order valence-corrected chi connectivity index (χ1v) is 7.18. The molecule has 2 aromatic rings. The molecule has 0 spiro atoms. The fourth-order valence-corrected chi connectivity index (χ4v) is 3.43. The van der Waals surface area contributed by atoms with Gasteiger partial charge in [0.1, 0.15) is 10.8 Å². The Labute approximate surface area is 119 Å².